The van der Waals surface area contributed by atoms with Crippen molar-refractivity contribution in [3.05, 3.63) is 0 Å². The first-order valence-corrected chi connectivity index (χ1v) is 3.40. The molecular formula is C3H10N2O4S. The van der Waals surface area contributed by atoms with Crippen molar-refractivity contribution in [2.75, 3.05) is 7.05 Å². The molecule has 0 aromatic rings. The highest BCUT2D eigenvalue weighted by atomic mass is 32.3. The number of rotatable bonds is 0. The second-order valence-corrected chi connectivity index (χ2v) is 1.57. The fraction of sp³-hybridized carbons (Fsp3) is 0.667. The van der Waals surface area contributed by atoms with E-state index in [1.807, 2.05) is 0 Å². The molecule has 0 aromatic carbocycles. The van der Waals surface area contributed by atoms with Gasteiger partial charge in [0.05, 0.1) is 6.07 Å². The van der Waals surface area contributed by atoms with Gasteiger partial charge in [-0.25, -0.2) is 0 Å². The van der Waals surface area contributed by atoms with Crippen LogP contribution in [0.25, 0.3) is 0 Å². The maximum absolute atomic E-state index is 8.74. The van der Waals surface area contributed by atoms with E-state index in [-0.39, 0.29) is 0 Å². The molecule has 4 N–H and O–H groups in total. The van der Waals surface area contributed by atoms with Crippen LogP contribution in [0.3, 0.4) is 0 Å². The monoisotopic (exact) mass is 170 g/mol. The Hall–Kier alpha value is -0.680. The van der Waals surface area contributed by atoms with Gasteiger partial charge in [-0.05, 0) is 7.05 Å². The Balaban J connectivity index is -0.0000000847. The highest BCUT2D eigenvalue weighted by molar-refractivity contribution is 7.79. The molecule has 0 amide bonds. The Labute approximate surface area is 59.8 Å². The van der Waals surface area contributed by atoms with Crippen molar-refractivity contribution in [2.45, 2.75) is 6.92 Å². The average molecular weight is 170 g/mol. The molecule has 7 heteroatoms. The standard InChI is InChI=1S/C2H3N.CH5N.H2O4S/c1-2-3;1-2;1-5(2,3)4/h1H3;2H2,1H3;(H2,1,2,3,4). The van der Waals surface area contributed by atoms with Crippen LogP contribution >= 0.6 is 0 Å². The maximum Gasteiger partial charge on any atom is 0.394 e. The van der Waals surface area contributed by atoms with Gasteiger partial charge in [0.1, 0.15) is 0 Å². The first-order valence-electron chi connectivity index (χ1n) is 2.00. The molecule has 0 aliphatic carbocycles. The van der Waals surface area contributed by atoms with Gasteiger partial charge in [0.2, 0.25) is 0 Å². The van der Waals surface area contributed by atoms with Gasteiger partial charge in [0.25, 0.3) is 0 Å². The Kier molecular flexibility index (Phi) is 18.0. The largest absolute Gasteiger partial charge is 0.394 e. The third-order valence-corrected chi connectivity index (χ3v) is 0. The number of hydrogen-bond donors (Lipinski definition) is 3. The van der Waals surface area contributed by atoms with Gasteiger partial charge in [-0.3, -0.25) is 9.11 Å². The van der Waals surface area contributed by atoms with Crippen molar-refractivity contribution in [1.29, 1.82) is 5.26 Å². The van der Waals surface area contributed by atoms with Crippen LogP contribution in [-0.2, 0) is 10.4 Å². The second kappa shape index (κ2) is 11.2. The molecule has 0 aromatic heterocycles. The molecule has 0 saturated carbocycles. The van der Waals surface area contributed by atoms with Crippen LogP contribution in [0.5, 0.6) is 0 Å². The third kappa shape index (κ3) is 632. The van der Waals surface area contributed by atoms with Crippen LogP contribution in [0.1, 0.15) is 6.92 Å². The molecule has 0 atom stereocenters. The predicted molar refractivity (Wildman–Crippen MR) is 35.6 cm³/mol. The summed E-state index contributed by atoms with van der Waals surface area (Å²) in [6.07, 6.45) is 0. The molecule has 0 radical (unpaired) electrons. The van der Waals surface area contributed by atoms with Gasteiger partial charge in [0.15, 0.2) is 0 Å². The molecule has 0 aliphatic rings. The molecule has 0 heterocycles. The fourth-order valence-corrected chi connectivity index (χ4v) is 0. The highest BCUT2D eigenvalue weighted by Gasteiger charge is 1.84. The molecule has 0 rings (SSSR count). The molecule has 0 spiro atoms. The number of nitrogens with two attached hydrogens (primary N) is 1. The van der Waals surface area contributed by atoms with Crippen molar-refractivity contribution < 1.29 is 17.5 Å². The van der Waals surface area contributed by atoms with Gasteiger partial charge in [-0.15, -0.1) is 0 Å². The normalized spacial score (nSPS) is 7.20. The molecular weight excluding hydrogens is 160 g/mol. The summed E-state index contributed by atoms with van der Waals surface area (Å²) in [5.41, 5.74) is 4.50. The Morgan fingerprint density at radius 3 is 1.40 bits per heavy atom. The minimum absolute atomic E-state index is 1.43. The lowest BCUT2D eigenvalue weighted by Gasteiger charge is -1.68. The van der Waals surface area contributed by atoms with Gasteiger partial charge in [0, 0.05) is 6.92 Å². The third-order valence-electron chi connectivity index (χ3n) is 0. The average Bonchev–Trinajstić information content (AvgIpc) is 1.68. The minimum Gasteiger partial charge on any atom is -0.333 e. The van der Waals surface area contributed by atoms with Crippen LogP contribution < -0.4 is 5.73 Å². The van der Waals surface area contributed by atoms with Crippen molar-refractivity contribution in [2.24, 2.45) is 5.73 Å². The van der Waals surface area contributed by atoms with E-state index in [2.05, 4.69) is 5.73 Å². The Morgan fingerprint density at radius 2 is 1.40 bits per heavy atom. The van der Waals surface area contributed by atoms with Crippen molar-refractivity contribution in [1.82, 2.24) is 0 Å². The summed E-state index contributed by atoms with van der Waals surface area (Å²) in [6.45, 7) is 1.43. The summed E-state index contributed by atoms with van der Waals surface area (Å²) in [6, 6.07) is 1.75. The zero-order chi connectivity index (χ0) is 9.21. The lowest BCUT2D eigenvalue weighted by Crippen LogP contribution is -1.89. The van der Waals surface area contributed by atoms with Crippen molar-refractivity contribution in [3.8, 4) is 6.07 Å². The molecule has 62 valence electrons. The molecule has 6 nitrogen and oxygen atoms in total. The van der Waals surface area contributed by atoms with Crippen LogP contribution in [-0.4, -0.2) is 24.6 Å². The lowest BCUT2D eigenvalue weighted by molar-refractivity contribution is 0.381. The number of hydrogen-bond acceptors (Lipinski definition) is 4. The van der Waals surface area contributed by atoms with E-state index in [1.54, 1.807) is 6.07 Å². The van der Waals surface area contributed by atoms with Crippen LogP contribution in [0, 0.1) is 11.3 Å². The quantitative estimate of drug-likeness (QED) is 0.419. The van der Waals surface area contributed by atoms with Gasteiger partial charge < -0.3 is 5.73 Å². The molecule has 10 heavy (non-hydrogen) atoms. The van der Waals surface area contributed by atoms with E-state index >= 15 is 0 Å². The molecule has 0 aliphatic heterocycles. The van der Waals surface area contributed by atoms with E-state index < -0.39 is 10.4 Å². The highest BCUT2D eigenvalue weighted by Crippen LogP contribution is 1.59. The predicted octanol–water partition coefficient (Wildman–Crippen LogP) is -0.548. The van der Waals surface area contributed by atoms with Gasteiger partial charge >= 0.3 is 10.4 Å². The SMILES string of the molecule is CC#N.CN.O=S(=O)(O)O. The summed E-state index contributed by atoms with van der Waals surface area (Å²) in [4.78, 5) is 0. The van der Waals surface area contributed by atoms with Crippen LogP contribution in [0.15, 0.2) is 0 Å². The molecule has 0 saturated heterocycles. The molecule has 0 unspecified atom stereocenters. The van der Waals surface area contributed by atoms with Gasteiger partial charge in [-0.1, -0.05) is 0 Å². The van der Waals surface area contributed by atoms with Crippen molar-refractivity contribution >= 4 is 10.4 Å². The Morgan fingerprint density at radius 1 is 1.40 bits per heavy atom. The van der Waals surface area contributed by atoms with E-state index in [0.29, 0.717) is 0 Å². The lowest BCUT2D eigenvalue weighted by atomic mass is 11.0. The van der Waals surface area contributed by atoms with Crippen molar-refractivity contribution in [3.63, 3.8) is 0 Å². The molecule has 0 bridgehead atoms. The summed E-state index contributed by atoms with van der Waals surface area (Å²) in [5.74, 6) is 0. The topological polar surface area (TPSA) is 124 Å². The summed E-state index contributed by atoms with van der Waals surface area (Å²) >= 11 is 0. The van der Waals surface area contributed by atoms with E-state index in [9.17, 15) is 0 Å². The zero-order valence-corrected chi connectivity index (χ0v) is 6.46. The summed E-state index contributed by atoms with van der Waals surface area (Å²) in [7, 11) is -3.17. The van der Waals surface area contributed by atoms with E-state index in [1.165, 1.54) is 14.0 Å². The number of nitriles is 1. The molecule has 0 fully saturated rings. The van der Waals surface area contributed by atoms with E-state index in [0.717, 1.165) is 0 Å². The van der Waals surface area contributed by atoms with Crippen LogP contribution in [0.2, 0.25) is 0 Å². The first kappa shape index (κ1) is 16.2. The fourth-order valence-electron chi connectivity index (χ4n) is 0. The smallest absolute Gasteiger partial charge is 0.333 e. The Bertz CT molecular complexity index is 159. The zero-order valence-electron chi connectivity index (χ0n) is 5.64. The van der Waals surface area contributed by atoms with Gasteiger partial charge in [-0.2, -0.15) is 13.7 Å². The van der Waals surface area contributed by atoms with E-state index in [4.69, 9.17) is 22.8 Å². The number of nitrogens with zero attached hydrogens (tertiary/aromatic N) is 1. The van der Waals surface area contributed by atoms with Crippen LogP contribution in [0.4, 0.5) is 0 Å². The summed E-state index contributed by atoms with van der Waals surface area (Å²) in [5, 5.41) is 7.32. The first-order chi connectivity index (χ1) is 4.41. The summed E-state index contributed by atoms with van der Waals surface area (Å²) < 4.78 is 31.6. The second-order valence-electron chi connectivity index (χ2n) is 0.671. The maximum atomic E-state index is 8.74. The minimum atomic E-state index is -4.67.